The van der Waals surface area contributed by atoms with Crippen LogP contribution in [-0.4, -0.2) is 10.9 Å². The lowest BCUT2D eigenvalue weighted by Crippen LogP contribution is -2.02. The number of ketones is 1. The van der Waals surface area contributed by atoms with Crippen LogP contribution in [0.1, 0.15) is 29.3 Å². The van der Waals surface area contributed by atoms with E-state index in [-0.39, 0.29) is 12.4 Å². The molecular formula is C10H13NO2. The van der Waals surface area contributed by atoms with Gasteiger partial charge in [0.2, 0.25) is 0 Å². The van der Waals surface area contributed by atoms with Gasteiger partial charge in [-0.2, -0.15) is 0 Å². The Morgan fingerprint density at radius 2 is 2.23 bits per heavy atom. The first kappa shape index (κ1) is 9.74. The van der Waals surface area contributed by atoms with E-state index in [1.165, 1.54) is 0 Å². The molecule has 0 saturated heterocycles. The summed E-state index contributed by atoms with van der Waals surface area (Å²) < 4.78 is 0. The number of nitrogen functional groups attached to an aromatic ring is 1. The Morgan fingerprint density at radius 1 is 1.54 bits per heavy atom. The fourth-order valence-corrected chi connectivity index (χ4v) is 1.15. The molecule has 0 atom stereocenters. The molecule has 0 fully saturated rings. The van der Waals surface area contributed by atoms with Crippen molar-refractivity contribution in [2.45, 2.75) is 20.0 Å². The number of rotatable bonds is 3. The third kappa shape index (κ3) is 2.06. The number of aliphatic hydroxyl groups excluding tert-OH is 1. The topological polar surface area (TPSA) is 63.3 Å². The molecule has 1 rings (SSSR count). The summed E-state index contributed by atoms with van der Waals surface area (Å²) >= 11 is 0. The van der Waals surface area contributed by atoms with Crippen LogP contribution in [0.5, 0.6) is 0 Å². The molecule has 13 heavy (non-hydrogen) atoms. The van der Waals surface area contributed by atoms with Crippen LogP contribution in [-0.2, 0) is 6.61 Å². The predicted octanol–water partition coefficient (Wildman–Crippen LogP) is 1.35. The first-order valence-corrected chi connectivity index (χ1v) is 4.21. The van der Waals surface area contributed by atoms with Crippen LogP contribution in [0.4, 0.5) is 5.69 Å². The van der Waals surface area contributed by atoms with Crippen LogP contribution in [0, 0.1) is 0 Å². The Balaban J connectivity index is 3.05. The summed E-state index contributed by atoms with van der Waals surface area (Å²) in [6.07, 6.45) is 0.447. The minimum absolute atomic E-state index is 0.0296. The highest BCUT2D eigenvalue weighted by molar-refractivity contribution is 6.00. The van der Waals surface area contributed by atoms with Gasteiger partial charge >= 0.3 is 0 Å². The number of benzene rings is 1. The number of hydrogen-bond donors (Lipinski definition) is 2. The lowest BCUT2D eigenvalue weighted by molar-refractivity contribution is 0.0989. The summed E-state index contributed by atoms with van der Waals surface area (Å²) in [6.45, 7) is 1.74. The molecule has 1 aromatic carbocycles. The summed E-state index contributed by atoms with van der Waals surface area (Å²) in [7, 11) is 0. The van der Waals surface area contributed by atoms with Crippen molar-refractivity contribution in [3.63, 3.8) is 0 Å². The van der Waals surface area contributed by atoms with E-state index in [2.05, 4.69) is 0 Å². The molecular weight excluding hydrogens is 166 g/mol. The minimum atomic E-state index is -0.0508. The van der Waals surface area contributed by atoms with Gasteiger partial charge in [0.1, 0.15) is 0 Å². The van der Waals surface area contributed by atoms with Gasteiger partial charge < -0.3 is 10.8 Å². The number of hydrogen-bond acceptors (Lipinski definition) is 3. The molecule has 0 spiro atoms. The van der Waals surface area contributed by atoms with Crippen molar-refractivity contribution in [3.8, 4) is 0 Å². The molecule has 0 aromatic heterocycles. The highest BCUT2D eigenvalue weighted by Crippen LogP contribution is 2.15. The zero-order chi connectivity index (χ0) is 9.84. The standard InChI is InChI=1S/C10H13NO2/c1-2-10(13)8-4-3-7(6-12)5-9(8)11/h3-5,12H,2,6,11H2,1H3. The SMILES string of the molecule is CCC(=O)c1ccc(CO)cc1N. The fraction of sp³-hybridized carbons (Fsp3) is 0.300. The molecule has 0 aliphatic rings. The van der Waals surface area contributed by atoms with E-state index >= 15 is 0 Å². The van der Waals surface area contributed by atoms with Crippen molar-refractivity contribution in [1.29, 1.82) is 0 Å². The van der Waals surface area contributed by atoms with Crippen molar-refractivity contribution in [3.05, 3.63) is 29.3 Å². The Hall–Kier alpha value is -1.35. The lowest BCUT2D eigenvalue weighted by atomic mass is 10.0. The molecule has 0 bridgehead atoms. The molecule has 0 amide bonds. The zero-order valence-corrected chi connectivity index (χ0v) is 7.58. The van der Waals surface area contributed by atoms with Gasteiger partial charge in [-0.05, 0) is 17.7 Å². The maximum absolute atomic E-state index is 11.3. The average Bonchev–Trinajstić information content (AvgIpc) is 2.16. The Labute approximate surface area is 77.2 Å². The van der Waals surface area contributed by atoms with Crippen LogP contribution in [0.25, 0.3) is 0 Å². The van der Waals surface area contributed by atoms with Gasteiger partial charge in [0.05, 0.1) is 6.61 Å². The van der Waals surface area contributed by atoms with Gasteiger partial charge in [0, 0.05) is 17.7 Å². The second-order valence-corrected chi connectivity index (χ2v) is 2.86. The van der Waals surface area contributed by atoms with Crippen molar-refractivity contribution < 1.29 is 9.90 Å². The normalized spacial score (nSPS) is 10.0. The number of nitrogens with two attached hydrogens (primary N) is 1. The first-order valence-electron chi connectivity index (χ1n) is 4.21. The third-order valence-electron chi connectivity index (χ3n) is 1.92. The van der Waals surface area contributed by atoms with Crippen LogP contribution in [0.2, 0.25) is 0 Å². The Bertz CT molecular complexity index is 321. The van der Waals surface area contributed by atoms with Crippen LogP contribution in [0.15, 0.2) is 18.2 Å². The number of carbonyl (C=O) groups is 1. The molecule has 0 unspecified atom stereocenters. The van der Waals surface area contributed by atoms with Crippen molar-refractivity contribution in [2.75, 3.05) is 5.73 Å². The molecule has 0 saturated carbocycles. The van der Waals surface area contributed by atoms with Gasteiger partial charge in [-0.1, -0.05) is 13.0 Å². The molecule has 0 heterocycles. The van der Waals surface area contributed by atoms with Gasteiger partial charge in [-0.25, -0.2) is 0 Å². The monoisotopic (exact) mass is 179 g/mol. The fourth-order valence-electron chi connectivity index (χ4n) is 1.15. The Morgan fingerprint density at radius 3 is 2.69 bits per heavy atom. The molecule has 70 valence electrons. The molecule has 3 nitrogen and oxygen atoms in total. The Kier molecular flexibility index (Phi) is 3.03. The summed E-state index contributed by atoms with van der Waals surface area (Å²) in [4.78, 5) is 11.3. The summed E-state index contributed by atoms with van der Waals surface area (Å²) in [5.74, 6) is 0.0296. The highest BCUT2D eigenvalue weighted by atomic mass is 16.3. The number of Topliss-reactive ketones (excluding diaryl/α,β-unsaturated/α-hetero) is 1. The van der Waals surface area contributed by atoms with E-state index in [1.54, 1.807) is 25.1 Å². The van der Waals surface area contributed by atoms with Gasteiger partial charge in [-0.15, -0.1) is 0 Å². The summed E-state index contributed by atoms with van der Waals surface area (Å²) in [6, 6.07) is 4.99. The van der Waals surface area contributed by atoms with E-state index in [9.17, 15) is 4.79 Å². The van der Waals surface area contributed by atoms with Crippen molar-refractivity contribution in [2.24, 2.45) is 0 Å². The van der Waals surface area contributed by atoms with Crippen LogP contribution < -0.4 is 5.73 Å². The first-order chi connectivity index (χ1) is 6.19. The van der Waals surface area contributed by atoms with E-state index in [0.717, 1.165) is 5.56 Å². The van der Waals surface area contributed by atoms with Gasteiger partial charge in [-0.3, -0.25) is 4.79 Å². The van der Waals surface area contributed by atoms with E-state index in [0.29, 0.717) is 17.7 Å². The predicted molar refractivity (Wildman–Crippen MR) is 51.4 cm³/mol. The quantitative estimate of drug-likeness (QED) is 0.544. The molecule has 0 aliphatic carbocycles. The maximum atomic E-state index is 11.3. The summed E-state index contributed by atoms with van der Waals surface area (Å²) in [5.41, 5.74) is 7.35. The van der Waals surface area contributed by atoms with Gasteiger partial charge in [0.15, 0.2) is 5.78 Å². The molecule has 1 aromatic rings. The molecule has 3 N–H and O–H groups in total. The lowest BCUT2D eigenvalue weighted by Gasteiger charge is -2.04. The second-order valence-electron chi connectivity index (χ2n) is 2.86. The maximum Gasteiger partial charge on any atom is 0.164 e. The van der Waals surface area contributed by atoms with Crippen molar-refractivity contribution in [1.82, 2.24) is 0 Å². The minimum Gasteiger partial charge on any atom is -0.398 e. The molecule has 3 heteroatoms. The molecule has 0 aliphatic heterocycles. The largest absolute Gasteiger partial charge is 0.398 e. The number of carbonyl (C=O) groups excluding carboxylic acids is 1. The van der Waals surface area contributed by atoms with Crippen LogP contribution >= 0.6 is 0 Å². The van der Waals surface area contributed by atoms with Gasteiger partial charge in [0.25, 0.3) is 0 Å². The summed E-state index contributed by atoms with van der Waals surface area (Å²) in [5, 5.41) is 8.81. The smallest absolute Gasteiger partial charge is 0.164 e. The zero-order valence-electron chi connectivity index (χ0n) is 7.58. The van der Waals surface area contributed by atoms with E-state index in [1.807, 2.05) is 0 Å². The third-order valence-corrected chi connectivity index (χ3v) is 1.92. The molecule has 0 radical (unpaired) electrons. The second kappa shape index (κ2) is 4.05. The van der Waals surface area contributed by atoms with Crippen molar-refractivity contribution >= 4 is 11.5 Å². The number of aliphatic hydroxyl groups is 1. The van der Waals surface area contributed by atoms with E-state index in [4.69, 9.17) is 10.8 Å². The van der Waals surface area contributed by atoms with Crippen LogP contribution in [0.3, 0.4) is 0 Å². The average molecular weight is 179 g/mol. The highest BCUT2D eigenvalue weighted by Gasteiger charge is 2.07. The number of anilines is 1. The van der Waals surface area contributed by atoms with E-state index < -0.39 is 0 Å².